The molecular weight excluding hydrogens is 332 g/mol. The molecule has 26 heavy (non-hydrogen) atoms. The van der Waals surface area contributed by atoms with Gasteiger partial charge < -0.3 is 15.4 Å². The summed E-state index contributed by atoms with van der Waals surface area (Å²) in [5.74, 6) is -0.937. The first-order valence-electron chi connectivity index (χ1n) is 8.46. The lowest BCUT2D eigenvalue weighted by molar-refractivity contribution is -0.144. The molecule has 0 aliphatic rings. The molecule has 0 unspecified atom stereocenters. The average Bonchev–Trinajstić information content (AvgIpc) is 2.66. The minimum Gasteiger partial charge on any atom is -0.466 e. The summed E-state index contributed by atoms with van der Waals surface area (Å²) in [6.45, 7) is 2.43. The minimum absolute atomic E-state index is 0.0247. The first kappa shape index (κ1) is 19.2. The summed E-state index contributed by atoms with van der Waals surface area (Å²) < 4.78 is 4.78. The molecule has 2 amide bonds. The van der Waals surface area contributed by atoms with E-state index in [1.54, 1.807) is 31.2 Å². The topological polar surface area (TPSA) is 84.5 Å². The van der Waals surface area contributed by atoms with Gasteiger partial charge in [0, 0.05) is 24.2 Å². The lowest BCUT2D eigenvalue weighted by atomic mass is 10.1. The van der Waals surface area contributed by atoms with Crippen molar-refractivity contribution in [3.63, 3.8) is 0 Å². The van der Waals surface area contributed by atoms with Crippen LogP contribution in [0.4, 0.5) is 5.69 Å². The highest BCUT2D eigenvalue weighted by molar-refractivity contribution is 5.97. The quantitative estimate of drug-likeness (QED) is 0.714. The van der Waals surface area contributed by atoms with Crippen LogP contribution < -0.4 is 10.6 Å². The molecule has 0 spiro atoms. The Morgan fingerprint density at radius 2 is 1.73 bits per heavy atom. The second-order valence-corrected chi connectivity index (χ2v) is 5.60. The summed E-state index contributed by atoms with van der Waals surface area (Å²) in [4.78, 5) is 35.4. The van der Waals surface area contributed by atoms with Crippen molar-refractivity contribution in [3.8, 4) is 0 Å². The summed E-state index contributed by atoms with van der Waals surface area (Å²) in [6, 6.07) is 16.3. The summed E-state index contributed by atoms with van der Waals surface area (Å²) >= 11 is 0. The molecule has 0 saturated heterocycles. The zero-order valence-electron chi connectivity index (χ0n) is 14.7. The number of rotatable bonds is 8. The van der Waals surface area contributed by atoms with E-state index in [0.717, 1.165) is 5.56 Å². The van der Waals surface area contributed by atoms with E-state index in [-0.39, 0.29) is 24.7 Å². The molecule has 0 heterocycles. The van der Waals surface area contributed by atoms with Crippen LogP contribution in [0, 0.1) is 0 Å². The number of hydrogen-bond acceptors (Lipinski definition) is 4. The SMILES string of the molecule is CCOC(=O)CCC(=O)Nc1cccc(C(=O)NCc2ccccc2)c1. The molecular formula is C20H22N2O4. The standard InChI is InChI=1S/C20H22N2O4/c1-2-26-19(24)12-11-18(23)22-17-10-6-9-16(13-17)20(25)21-14-15-7-4-3-5-8-15/h3-10,13H,2,11-12,14H2,1H3,(H,21,25)(H,22,23). The third-order valence-corrected chi connectivity index (χ3v) is 3.57. The maximum Gasteiger partial charge on any atom is 0.306 e. The van der Waals surface area contributed by atoms with E-state index in [4.69, 9.17) is 4.74 Å². The monoisotopic (exact) mass is 354 g/mol. The Hall–Kier alpha value is -3.15. The molecule has 0 radical (unpaired) electrons. The van der Waals surface area contributed by atoms with Gasteiger partial charge in [-0.15, -0.1) is 0 Å². The molecule has 0 fully saturated rings. The van der Waals surface area contributed by atoms with Crippen molar-refractivity contribution in [1.29, 1.82) is 0 Å². The molecule has 0 aliphatic heterocycles. The van der Waals surface area contributed by atoms with E-state index >= 15 is 0 Å². The highest BCUT2D eigenvalue weighted by Gasteiger charge is 2.10. The summed E-state index contributed by atoms with van der Waals surface area (Å²) in [6.07, 6.45) is 0.0557. The van der Waals surface area contributed by atoms with Gasteiger partial charge in [0.15, 0.2) is 0 Å². The van der Waals surface area contributed by atoms with Crippen LogP contribution in [0.15, 0.2) is 54.6 Å². The van der Waals surface area contributed by atoms with E-state index in [9.17, 15) is 14.4 Å². The van der Waals surface area contributed by atoms with Crippen LogP contribution in [0.3, 0.4) is 0 Å². The Bertz CT molecular complexity index is 759. The number of anilines is 1. The lowest BCUT2D eigenvalue weighted by Gasteiger charge is -2.08. The van der Waals surface area contributed by atoms with Crippen LogP contribution in [0.1, 0.15) is 35.7 Å². The molecule has 0 saturated carbocycles. The largest absolute Gasteiger partial charge is 0.466 e. The molecule has 6 heteroatoms. The van der Waals surface area contributed by atoms with Crippen molar-refractivity contribution in [2.75, 3.05) is 11.9 Å². The van der Waals surface area contributed by atoms with Crippen molar-refractivity contribution < 1.29 is 19.1 Å². The fraction of sp³-hybridized carbons (Fsp3) is 0.250. The van der Waals surface area contributed by atoms with E-state index in [1.165, 1.54) is 0 Å². The number of carbonyl (C=O) groups excluding carboxylic acids is 3. The Kier molecular flexibility index (Phi) is 7.36. The first-order chi connectivity index (χ1) is 12.6. The molecule has 2 N–H and O–H groups in total. The minimum atomic E-state index is -0.406. The van der Waals surface area contributed by atoms with Crippen LogP contribution >= 0.6 is 0 Å². The van der Waals surface area contributed by atoms with Crippen molar-refractivity contribution in [2.45, 2.75) is 26.3 Å². The highest BCUT2D eigenvalue weighted by Crippen LogP contribution is 2.12. The fourth-order valence-corrected chi connectivity index (χ4v) is 2.29. The van der Waals surface area contributed by atoms with Gasteiger partial charge in [0.25, 0.3) is 5.91 Å². The predicted octanol–water partition coefficient (Wildman–Crippen LogP) is 2.90. The molecule has 2 rings (SSSR count). The molecule has 0 atom stereocenters. The molecule has 0 aromatic heterocycles. The molecule has 2 aromatic rings. The Morgan fingerprint density at radius 3 is 2.46 bits per heavy atom. The van der Waals surface area contributed by atoms with Crippen molar-refractivity contribution in [1.82, 2.24) is 5.32 Å². The van der Waals surface area contributed by atoms with E-state index < -0.39 is 5.97 Å². The van der Waals surface area contributed by atoms with Gasteiger partial charge in [-0.3, -0.25) is 14.4 Å². The predicted molar refractivity (Wildman–Crippen MR) is 98.6 cm³/mol. The summed E-state index contributed by atoms with van der Waals surface area (Å²) in [5.41, 5.74) is 1.96. The smallest absolute Gasteiger partial charge is 0.306 e. The summed E-state index contributed by atoms with van der Waals surface area (Å²) in [7, 11) is 0. The zero-order valence-corrected chi connectivity index (χ0v) is 14.7. The van der Waals surface area contributed by atoms with E-state index in [1.807, 2.05) is 30.3 Å². The van der Waals surface area contributed by atoms with Crippen LogP contribution in [0.5, 0.6) is 0 Å². The number of nitrogens with one attached hydrogen (secondary N) is 2. The normalized spacial score (nSPS) is 10.0. The van der Waals surface area contributed by atoms with Gasteiger partial charge >= 0.3 is 5.97 Å². The number of ether oxygens (including phenoxy) is 1. The van der Waals surface area contributed by atoms with Gasteiger partial charge in [0.1, 0.15) is 0 Å². The van der Waals surface area contributed by atoms with Gasteiger partial charge in [-0.1, -0.05) is 36.4 Å². The second kappa shape index (κ2) is 9.98. The number of benzene rings is 2. The third kappa shape index (κ3) is 6.39. The van der Waals surface area contributed by atoms with Crippen molar-refractivity contribution >= 4 is 23.5 Å². The van der Waals surface area contributed by atoms with Gasteiger partial charge in [-0.25, -0.2) is 0 Å². The van der Waals surface area contributed by atoms with Crippen molar-refractivity contribution in [2.24, 2.45) is 0 Å². The maximum atomic E-state index is 12.3. The Labute approximate surface area is 152 Å². The molecule has 6 nitrogen and oxygen atoms in total. The van der Waals surface area contributed by atoms with Crippen LogP contribution in [-0.4, -0.2) is 24.4 Å². The van der Waals surface area contributed by atoms with Gasteiger partial charge in [-0.05, 0) is 30.7 Å². The van der Waals surface area contributed by atoms with Crippen LogP contribution in [0.25, 0.3) is 0 Å². The number of esters is 1. The average molecular weight is 354 g/mol. The van der Waals surface area contributed by atoms with Crippen LogP contribution in [0.2, 0.25) is 0 Å². The van der Waals surface area contributed by atoms with Gasteiger partial charge in [0.2, 0.25) is 5.91 Å². The molecule has 0 bridgehead atoms. The van der Waals surface area contributed by atoms with Gasteiger partial charge in [0.05, 0.1) is 13.0 Å². The molecule has 2 aromatic carbocycles. The number of carbonyl (C=O) groups is 3. The lowest BCUT2D eigenvalue weighted by Crippen LogP contribution is -2.23. The summed E-state index contributed by atoms with van der Waals surface area (Å²) in [5, 5.41) is 5.52. The van der Waals surface area contributed by atoms with Crippen LogP contribution in [-0.2, 0) is 20.9 Å². The van der Waals surface area contributed by atoms with E-state index in [0.29, 0.717) is 24.4 Å². The maximum absolute atomic E-state index is 12.3. The number of hydrogen-bond donors (Lipinski definition) is 2. The van der Waals surface area contributed by atoms with E-state index in [2.05, 4.69) is 10.6 Å². The molecule has 136 valence electrons. The highest BCUT2D eigenvalue weighted by atomic mass is 16.5. The zero-order chi connectivity index (χ0) is 18.8. The van der Waals surface area contributed by atoms with Crippen molar-refractivity contribution in [3.05, 3.63) is 65.7 Å². The first-order valence-corrected chi connectivity index (χ1v) is 8.46. The Morgan fingerprint density at radius 1 is 0.962 bits per heavy atom. The fourth-order valence-electron chi connectivity index (χ4n) is 2.29. The Balaban J connectivity index is 1.87. The number of amides is 2. The molecule has 0 aliphatic carbocycles. The second-order valence-electron chi connectivity index (χ2n) is 5.60. The van der Waals surface area contributed by atoms with Gasteiger partial charge in [-0.2, -0.15) is 0 Å². The third-order valence-electron chi connectivity index (χ3n) is 3.57.